The van der Waals surface area contributed by atoms with Gasteiger partial charge in [-0.3, -0.25) is 4.79 Å². The molecular weight excluding hydrogens is 194 g/mol. The van der Waals surface area contributed by atoms with Gasteiger partial charge in [0, 0.05) is 19.3 Å². The molecule has 0 saturated carbocycles. The molecule has 1 aliphatic heterocycles. The molecule has 0 bridgehead atoms. The lowest BCUT2D eigenvalue weighted by Gasteiger charge is -2.38. The summed E-state index contributed by atoms with van der Waals surface area (Å²) in [6.45, 7) is 5.44. The van der Waals surface area contributed by atoms with Gasteiger partial charge in [0.05, 0.1) is 12.0 Å². The van der Waals surface area contributed by atoms with Gasteiger partial charge in [0.2, 0.25) is 0 Å². The highest BCUT2D eigenvalue weighted by molar-refractivity contribution is 5.78. The van der Waals surface area contributed by atoms with Crippen molar-refractivity contribution in [2.45, 2.75) is 39.2 Å². The zero-order valence-electron chi connectivity index (χ0n) is 9.62. The van der Waals surface area contributed by atoms with Gasteiger partial charge in [-0.1, -0.05) is 6.92 Å². The van der Waals surface area contributed by atoms with Gasteiger partial charge in [-0.2, -0.15) is 0 Å². The van der Waals surface area contributed by atoms with Crippen molar-refractivity contribution in [2.24, 2.45) is 11.1 Å². The van der Waals surface area contributed by atoms with Crippen LogP contribution in [0.3, 0.4) is 0 Å². The first-order valence-corrected chi connectivity index (χ1v) is 5.68. The molecular formula is C11H21NO3. The van der Waals surface area contributed by atoms with E-state index in [1.165, 1.54) is 0 Å². The van der Waals surface area contributed by atoms with E-state index in [9.17, 15) is 4.79 Å². The fraction of sp³-hybridized carbons (Fsp3) is 0.909. The Morgan fingerprint density at radius 2 is 2.07 bits per heavy atom. The van der Waals surface area contributed by atoms with Gasteiger partial charge in [0.15, 0.2) is 0 Å². The Morgan fingerprint density at radius 3 is 2.53 bits per heavy atom. The molecule has 0 aromatic heterocycles. The molecule has 0 radical (unpaired) electrons. The van der Waals surface area contributed by atoms with Crippen LogP contribution < -0.4 is 5.73 Å². The predicted octanol–water partition coefficient (Wildman–Crippen LogP) is 1.08. The Kier molecular flexibility index (Phi) is 4.54. The molecule has 88 valence electrons. The fourth-order valence-corrected chi connectivity index (χ4v) is 2.13. The van der Waals surface area contributed by atoms with Crippen LogP contribution >= 0.6 is 0 Å². The number of rotatable bonds is 4. The molecule has 1 saturated heterocycles. The highest BCUT2D eigenvalue weighted by atomic mass is 16.5. The molecule has 0 aliphatic carbocycles. The van der Waals surface area contributed by atoms with Gasteiger partial charge in [0.1, 0.15) is 0 Å². The van der Waals surface area contributed by atoms with Crippen molar-refractivity contribution in [3.05, 3.63) is 0 Å². The average Bonchev–Trinajstić information content (AvgIpc) is 2.29. The van der Waals surface area contributed by atoms with Crippen LogP contribution in [0.5, 0.6) is 0 Å². The number of carbonyl (C=O) groups excluding carboxylic acids is 1. The fourth-order valence-electron chi connectivity index (χ4n) is 2.13. The maximum Gasteiger partial charge on any atom is 0.313 e. The number of carbonyl (C=O) groups is 1. The van der Waals surface area contributed by atoms with Crippen LogP contribution in [0, 0.1) is 5.41 Å². The Balaban J connectivity index is 2.79. The summed E-state index contributed by atoms with van der Waals surface area (Å²) >= 11 is 0. The average molecular weight is 215 g/mol. The summed E-state index contributed by atoms with van der Waals surface area (Å²) in [5.74, 6) is -0.150. The van der Waals surface area contributed by atoms with E-state index < -0.39 is 5.41 Å². The third-order valence-electron chi connectivity index (χ3n) is 3.22. The van der Waals surface area contributed by atoms with Crippen LogP contribution in [0.4, 0.5) is 0 Å². The van der Waals surface area contributed by atoms with E-state index in [0.717, 1.165) is 6.42 Å². The Bertz CT molecular complexity index is 212. The Hall–Kier alpha value is -0.610. The van der Waals surface area contributed by atoms with Crippen LogP contribution in [0.15, 0.2) is 0 Å². The number of ether oxygens (including phenoxy) is 2. The minimum Gasteiger partial charge on any atom is -0.466 e. The Morgan fingerprint density at radius 1 is 1.47 bits per heavy atom. The molecule has 1 heterocycles. The minimum absolute atomic E-state index is 0.125. The van der Waals surface area contributed by atoms with Crippen LogP contribution in [-0.2, 0) is 14.3 Å². The molecule has 1 atom stereocenters. The number of nitrogens with two attached hydrogens (primary N) is 1. The van der Waals surface area contributed by atoms with Crippen LogP contribution in [0.25, 0.3) is 0 Å². The maximum absolute atomic E-state index is 12.0. The molecule has 0 aromatic rings. The molecule has 1 unspecified atom stereocenters. The summed E-state index contributed by atoms with van der Waals surface area (Å²) in [5.41, 5.74) is 5.55. The number of hydrogen-bond acceptors (Lipinski definition) is 4. The molecule has 2 N–H and O–H groups in total. The zero-order valence-corrected chi connectivity index (χ0v) is 9.62. The lowest BCUT2D eigenvalue weighted by molar-refractivity contribution is -0.163. The van der Waals surface area contributed by atoms with Gasteiger partial charge < -0.3 is 15.2 Å². The first-order valence-electron chi connectivity index (χ1n) is 5.68. The van der Waals surface area contributed by atoms with Crippen molar-refractivity contribution in [2.75, 3.05) is 19.8 Å². The molecule has 4 heteroatoms. The Labute approximate surface area is 91.1 Å². The molecule has 0 spiro atoms. The van der Waals surface area contributed by atoms with Gasteiger partial charge in [0.25, 0.3) is 0 Å². The van der Waals surface area contributed by atoms with Crippen molar-refractivity contribution in [3.63, 3.8) is 0 Å². The van der Waals surface area contributed by atoms with Crippen molar-refractivity contribution in [1.82, 2.24) is 0 Å². The molecule has 15 heavy (non-hydrogen) atoms. The molecule has 1 rings (SSSR count). The second-order valence-corrected chi connectivity index (χ2v) is 4.00. The van der Waals surface area contributed by atoms with E-state index in [4.69, 9.17) is 15.2 Å². The van der Waals surface area contributed by atoms with E-state index in [2.05, 4.69) is 0 Å². The standard InChI is InChI=1S/C11H21NO3/c1-3-9(12)11(10(13)15-4-2)5-7-14-8-6-11/h9H,3-8,12H2,1-2H3. The summed E-state index contributed by atoms with van der Waals surface area (Å²) in [6.07, 6.45) is 2.15. The SMILES string of the molecule is CCOC(=O)C1(C(N)CC)CCOCC1. The molecule has 1 aliphatic rings. The van der Waals surface area contributed by atoms with Gasteiger partial charge in [-0.15, -0.1) is 0 Å². The van der Waals surface area contributed by atoms with Crippen LogP contribution in [0.2, 0.25) is 0 Å². The topological polar surface area (TPSA) is 61.5 Å². The summed E-state index contributed by atoms with van der Waals surface area (Å²) in [4.78, 5) is 12.0. The maximum atomic E-state index is 12.0. The van der Waals surface area contributed by atoms with Crippen LogP contribution in [0.1, 0.15) is 33.1 Å². The second kappa shape index (κ2) is 5.47. The second-order valence-electron chi connectivity index (χ2n) is 4.00. The van der Waals surface area contributed by atoms with Crippen molar-refractivity contribution >= 4 is 5.97 Å². The minimum atomic E-state index is -0.511. The van der Waals surface area contributed by atoms with E-state index in [1.807, 2.05) is 13.8 Å². The third kappa shape index (κ3) is 2.49. The normalized spacial score (nSPS) is 22.1. The zero-order chi connectivity index (χ0) is 11.3. The van der Waals surface area contributed by atoms with Crippen molar-refractivity contribution in [1.29, 1.82) is 0 Å². The molecule has 4 nitrogen and oxygen atoms in total. The lowest BCUT2D eigenvalue weighted by Crippen LogP contribution is -2.51. The number of esters is 1. The monoisotopic (exact) mass is 215 g/mol. The summed E-state index contributed by atoms with van der Waals surface area (Å²) in [7, 11) is 0. The van der Waals surface area contributed by atoms with Crippen molar-refractivity contribution < 1.29 is 14.3 Å². The summed E-state index contributed by atoms with van der Waals surface area (Å²) < 4.78 is 10.4. The smallest absolute Gasteiger partial charge is 0.313 e. The molecule has 0 aromatic carbocycles. The highest BCUT2D eigenvalue weighted by Crippen LogP contribution is 2.36. The lowest BCUT2D eigenvalue weighted by atomic mass is 9.73. The quantitative estimate of drug-likeness (QED) is 0.713. The summed E-state index contributed by atoms with van der Waals surface area (Å²) in [6, 6.07) is -0.125. The first-order chi connectivity index (χ1) is 7.17. The van der Waals surface area contributed by atoms with E-state index in [0.29, 0.717) is 32.7 Å². The van der Waals surface area contributed by atoms with E-state index in [1.54, 1.807) is 0 Å². The molecule has 1 fully saturated rings. The van der Waals surface area contributed by atoms with Crippen LogP contribution in [-0.4, -0.2) is 31.8 Å². The first kappa shape index (κ1) is 12.5. The molecule has 0 amide bonds. The van der Waals surface area contributed by atoms with Crippen molar-refractivity contribution in [3.8, 4) is 0 Å². The summed E-state index contributed by atoms with van der Waals surface area (Å²) in [5, 5.41) is 0. The van der Waals surface area contributed by atoms with Gasteiger partial charge in [-0.05, 0) is 26.2 Å². The number of hydrogen-bond donors (Lipinski definition) is 1. The van der Waals surface area contributed by atoms with E-state index in [-0.39, 0.29) is 12.0 Å². The predicted molar refractivity (Wildman–Crippen MR) is 57.4 cm³/mol. The largest absolute Gasteiger partial charge is 0.466 e. The van der Waals surface area contributed by atoms with Gasteiger partial charge >= 0.3 is 5.97 Å². The third-order valence-corrected chi connectivity index (χ3v) is 3.22. The van der Waals surface area contributed by atoms with E-state index >= 15 is 0 Å². The van der Waals surface area contributed by atoms with Gasteiger partial charge in [-0.25, -0.2) is 0 Å². The highest BCUT2D eigenvalue weighted by Gasteiger charge is 2.45.